The van der Waals surface area contributed by atoms with Gasteiger partial charge in [-0.15, -0.1) is 0 Å². The first kappa shape index (κ1) is 14.0. The summed E-state index contributed by atoms with van der Waals surface area (Å²) in [6, 6.07) is 8.49. The van der Waals surface area contributed by atoms with Crippen molar-refractivity contribution in [3.63, 3.8) is 0 Å². The molecule has 2 fully saturated rings. The highest BCUT2D eigenvalue weighted by Gasteiger charge is 2.34. The van der Waals surface area contributed by atoms with Crippen LogP contribution >= 0.6 is 0 Å². The van der Waals surface area contributed by atoms with Crippen molar-refractivity contribution in [1.82, 2.24) is 9.21 Å². The molecule has 20 heavy (non-hydrogen) atoms. The Balaban J connectivity index is 1.61. The molecule has 5 heteroatoms. The smallest absolute Gasteiger partial charge is 0.218 e. The molecule has 0 unspecified atom stereocenters. The van der Waals surface area contributed by atoms with Gasteiger partial charge in [-0.2, -0.15) is 4.31 Å². The van der Waals surface area contributed by atoms with E-state index in [1.165, 1.54) is 12.8 Å². The standard InChI is InChI=1S/C15H22N2O2S/c1-13-2-4-14(5-3-13)12-20(18,19)17-10-8-16(9-11-17)15-6-7-15/h2-5,15H,6-12H2,1H3. The first-order chi connectivity index (χ1) is 9.54. The summed E-state index contributed by atoms with van der Waals surface area (Å²) in [6.45, 7) is 5.07. The molecule has 1 aromatic rings. The molecule has 1 aliphatic heterocycles. The van der Waals surface area contributed by atoms with Gasteiger partial charge in [-0.3, -0.25) is 4.90 Å². The van der Waals surface area contributed by atoms with Crippen LogP contribution in [0.15, 0.2) is 24.3 Å². The lowest BCUT2D eigenvalue weighted by Gasteiger charge is -2.34. The van der Waals surface area contributed by atoms with Gasteiger partial charge in [0.1, 0.15) is 0 Å². The molecule has 1 saturated heterocycles. The molecule has 0 radical (unpaired) electrons. The number of sulfonamides is 1. The van der Waals surface area contributed by atoms with Gasteiger partial charge < -0.3 is 0 Å². The molecular weight excluding hydrogens is 272 g/mol. The minimum Gasteiger partial charge on any atom is -0.298 e. The summed E-state index contributed by atoms with van der Waals surface area (Å²) in [5.41, 5.74) is 2.03. The highest BCUT2D eigenvalue weighted by Crippen LogP contribution is 2.28. The van der Waals surface area contributed by atoms with E-state index >= 15 is 0 Å². The summed E-state index contributed by atoms with van der Waals surface area (Å²) in [6.07, 6.45) is 2.58. The quantitative estimate of drug-likeness (QED) is 0.847. The van der Waals surface area contributed by atoms with Crippen molar-refractivity contribution in [1.29, 1.82) is 0 Å². The maximum atomic E-state index is 12.4. The molecule has 0 amide bonds. The van der Waals surface area contributed by atoms with Crippen LogP contribution in [0.4, 0.5) is 0 Å². The molecule has 0 atom stereocenters. The molecule has 0 N–H and O–H groups in total. The predicted octanol–water partition coefficient (Wildman–Crippen LogP) is 1.60. The molecule has 0 bridgehead atoms. The minimum atomic E-state index is -3.17. The average Bonchev–Trinajstić information content (AvgIpc) is 3.26. The molecule has 0 aromatic heterocycles. The normalized spacial score (nSPS) is 22.1. The Kier molecular flexibility index (Phi) is 3.84. The third kappa shape index (κ3) is 3.22. The molecule has 1 aromatic carbocycles. The largest absolute Gasteiger partial charge is 0.298 e. The number of aryl methyl sites for hydroxylation is 1. The molecule has 3 rings (SSSR count). The molecule has 4 nitrogen and oxygen atoms in total. The van der Waals surface area contributed by atoms with Gasteiger partial charge in [0.05, 0.1) is 5.75 Å². The van der Waals surface area contributed by atoms with Crippen molar-refractivity contribution in [3.8, 4) is 0 Å². The zero-order chi connectivity index (χ0) is 14.2. The van der Waals surface area contributed by atoms with Gasteiger partial charge in [0, 0.05) is 32.2 Å². The van der Waals surface area contributed by atoms with Gasteiger partial charge in [0.25, 0.3) is 0 Å². The number of piperazine rings is 1. The van der Waals surface area contributed by atoms with Crippen molar-refractivity contribution in [2.24, 2.45) is 0 Å². The molecule has 0 spiro atoms. The molecular formula is C15H22N2O2S. The van der Waals surface area contributed by atoms with Crippen LogP contribution in [0.2, 0.25) is 0 Å². The Hall–Kier alpha value is -0.910. The fourth-order valence-electron chi connectivity index (χ4n) is 2.77. The van der Waals surface area contributed by atoms with Crippen molar-refractivity contribution < 1.29 is 8.42 Å². The van der Waals surface area contributed by atoms with Gasteiger partial charge in [0.2, 0.25) is 10.0 Å². The first-order valence-electron chi connectivity index (χ1n) is 7.32. The minimum absolute atomic E-state index is 0.122. The highest BCUT2D eigenvalue weighted by atomic mass is 32.2. The SMILES string of the molecule is Cc1ccc(CS(=O)(=O)N2CCN(C3CC3)CC2)cc1. The van der Waals surface area contributed by atoms with Gasteiger partial charge in [-0.25, -0.2) is 8.42 Å². The van der Waals surface area contributed by atoms with Crippen LogP contribution < -0.4 is 0 Å². The van der Waals surface area contributed by atoms with Crippen LogP contribution in [-0.4, -0.2) is 49.8 Å². The molecule has 1 saturated carbocycles. The topological polar surface area (TPSA) is 40.6 Å². The van der Waals surface area contributed by atoms with E-state index in [9.17, 15) is 8.42 Å². The van der Waals surface area contributed by atoms with Crippen molar-refractivity contribution in [3.05, 3.63) is 35.4 Å². The summed E-state index contributed by atoms with van der Waals surface area (Å²) in [5, 5.41) is 0. The van der Waals surface area contributed by atoms with E-state index in [0.29, 0.717) is 13.1 Å². The second-order valence-corrected chi connectivity index (χ2v) is 7.88. The van der Waals surface area contributed by atoms with E-state index in [0.717, 1.165) is 30.3 Å². The Morgan fingerprint density at radius 1 is 1.05 bits per heavy atom. The number of benzene rings is 1. The van der Waals surface area contributed by atoms with Crippen LogP contribution in [0.5, 0.6) is 0 Å². The second kappa shape index (κ2) is 5.47. The van der Waals surface area contributed by atoms with Gasteiger partial charge in [0.15, 0.2) is 0 Å². The number of hydrogen-bond acceptors (Lipinski definition) is 3. The van der Waals surface area contributed by atoms with E-state index in [1.54, 1.807) is 4.31 Å². The fourth-order valence-corrected chi connectivity index (χ4v) is 4.29. The predicted molar refractivity (Wildman–Crippen MR) is 80.0 cm³/mol. The number of rotatable bonds is 4. The zero-order valence-electron chi connectivity index (χ0n) is 12.0. The first-order valence-corrected chi connectivity index (χ1v) is 8.93. The van der Waals surface area contributed by atoms with E-state index in [4.69, 9.17) is 0 Å². The van der Waals surface area contributed by atoms with Gasteiger partial charge in [-0.1, -0.05) is 29.8 Å². The Labute approximate surface area is 121 Å². The molecule has 1 aliphatic carbocycles. The van der Waals surface area contributed by atoms with Crippen LogP contribution in [0.25, 0.3) is 0 Å². The lowest BCUT2D eigenvalue weighted by molar-refractivity contribution is 0.180. The molecule has 1 heterocycles. The van der Waals surface area contributed by atoms with E-state index in [1.807, 2.05) is 31.2 Å². The summed E-state index contributed by atoms with van der Waals surface area (Å²) >= 11 is 0. The Morgan fingerprint density at radius 3 is 2.20 bits per heavy atom. The monoisotopic (exact) mass is 294 g/mol. The summed E-state index contributed by atoms with van der Waals surface area (Å²) in [5.74, 6) is 0.122. The van der Waals surface area contributed by atoms with E-state index in [-0.39, 0.29) is 5.75 Å². The second-order valence-electron chi connectivity index (χ2n) is 5.91. The lowest BCUT2D eigenvalue weighted by atomic mass is 10.2. The summed E-state index contributed by atoms with van der Waals surface area (Å²) in [4.78, 5) is 2.43. The molecule has 110 valence electrons. The average molecular weight is 294 g/mol. The zero-order valence-corrected chi connectivity index (χ0v) is 12.8. The number of hydrogen-bond donors (Lipinski definition) is 0. The van der Waals surface area contributed by atoms with Crippen LogP contribution in [0.3, 0.4) is 0 Å². The molecule has 2 aliphatic rings. The van der Waals surface area contributed by atoms with Crippen LogP contribution in [0.1, 0.15) is 24.0 Å². The van der Waals surface area contributed by atoms with E-state index in [2.05, 4.69) is 4.90 Å². The maximum absolute atomic E-state index is 12.4. The summed E-state index contributed by atoms with van der Waals surface area (Å²) in [7, 11) is -3.17. The Bertz CT molecular complexity index is 556. The van der Waals surface area contributed by atoms with Crippen molar-refractivity contribution in [2.45, 2.75) is 31.6 Å². The van der Waals surface area contributed by atoms with Gasteiger partial charge >= 0.3 is 0 Å². The number of nitrogens with zero attached hydrogens (tertiary/aromatic N) is 2. The van der Waals surface area contributed by atoms with Crippen molar-refractivity contribution in [2.75, 3.05) is 26.2 Å². The van der Waals surface area contributed by atoms with Gasteiger partial charge in [-0.05, 0) is 25.3 Å². The van der Waals surface area contributed by atoms with E-state index < -0.39 is 10.0 Å². The highest BCUT2D eigenvalue weighted by molar-refractivity contribution is 7.88. The third-order valence-corrected chi connectivity index (χ3v) is 6.05. The van der Waals surface area contributed by atoms with Crippen molar-refractivity contribution >= 4 is 10.0 Å². The third-order valence-electron chi connectivity index (χ3n) is 4.20. The fraction of sp³-hybridized carbons (Fsp3) is 0.600. The van der Waals surface area contributed by atoms with Crippen LogP contribution in [-0.2, 0) is 15.8 Å². The maximum Gasteiger partial charge on any atom is 0.218 e. The lowest BCUT2D eigenvalue weighted by Crippen LogP contribution is -2.49. The van der Waals surface area contributed by atoms with Crippen LogP contribution in [0, 0.1) is 6.92 Å². The summed E-state index contributed by atoms with van der Waals surface area (Å²) < 4.78 is 26.5. The Morgan fingerprint density at radius 2 is 1.65 bits per heavy atom.